The molecule has 0 spiro atoms. The van der Waals surface area contributed by atoms with Gasteiger partial charge in [-0.3, -0.25) is 14.5 Å². The molecule has 3 rings (SSSR count). The number of carbonyl (C=O) groups is 2. The fourth-order valence-corrected chi connectivity index (χ4v) is 3.57. The molecule has 1 aliphatic rings. The van der Waals surface area contributed by atoms with E-state index in [1.807, 2.05) is 4.90 Å². The average Bonchev–Trinajstić information content (AvgIpc) is 2.64. The van der Waals surface area contributed by atoms with Crippen LogP contribution < -0.4 is 5.32 Å². The van der Waals surface area contributed by atoms with E-state index < -0.39 is 0 Å². The average molecular weight is 427 g/mol. The summed E-state index contributed by atoms with van der Waals surface area (Å²) in [4.78, 5) is 28.6. The van der Waals surface area contributed by atoms with Crippen LogP contribution in [0.5, 0.6) is 0 Å². The van der Waals surface area contributed by atoms with Gasteiger partial charge < -0.3 is 10.2 Å². The first kappa shape index (κ1) is 20.0. The Kier molecular flexibility index (Phi) is 6.60. The first-order valence-electron chi connectivity index (χ1n) is 8.45. The summed E-state index contributed by atoms with van der Waals surface area (Å²) < 4.78 is 0. The molecule has 1 saturated heterocycles. The third-order valence-corrected chi connectivity index (χ3v) is 5.21. The van der Waals surface area contributed by atoms with Crippen molar-refractivity contribution in [3.63, 3.8) is 0 Å². The molecule has 0 saturated carbocycles. The summed E-state index contributed by atoms with van der Waals surface area (Å²) in [7, 11) is 0. The number of benzene rings is 2. The zero-order chi connectivity index (χ0) is 19.4. The first-order valence-corrected chi connectivity index (χ1v) is 9.58. The second-order valence-electron chi connectivity index (χ2n) is 6.22. The Labute approximate surface area is 172 Å². The molecule has 2 amide bonds. The van der Waals surface area contributed by atoms with E-state index in [0.717, 1.165) is 0 Å². The van der Waals surface area contributed by atoms with Crippen molar-refractivity contribution >= 4 is 52.3 Å². The zero-order valence-corrected chi connectivity index (χ0v) is 16.7. The van der Waals surface area contributed by atoms with Crippen molar-refractivity contribution in [3.8, 4) is 0 Å². The molecule has 2 aromatic carbocycles. The van der Waals surface area contributed by atoms with Crippen molar-refractivity contribution in [1.82, 2.24) is 9.80 Å². The van der Waals surface area contributed by atoms with E-state index in [4.69, 9.17) is 34.8 Å². The van der Waals surface area contributed by atoms with Crippen molar-refractivity contribution in [2.45, 2.75) is 0 Å². The van der Waals surface area contributed by atoms with Gasteiger partial charge in [-0.15, -0.1) is 0 Å². The number of rotatable bonds is 4. The highest BCUT2D eigenvalue weighted by molar-refractivity contribution is 6.36. The minimum absolute atomic E-state index is 0.0855. The Morgan fingerprint density at radius 1 is 0.926 bits per heavy atom. The minimum Gasteiger partial charge on any atom is -0.336 e. The van der Waals surface area contributed by atoms with Crippen molar-refractivity contribution in [2.75, 3.05) is 38.0 Å². The van der Waals surface area contributed by atoms with Crippen LogP contribution in [-0.4, -0.2) is 54.3 Å². The van der Waals surface area contributed by atoms with Gasteiger partial charge in [-0.2, -0.15) is 0 Å². The van der Waals surface area contributed by atoms with Gasteiger partial charge in [0.05, 0.1) is 27.8 Å². The summed E-state index contributed by atoms with van der Waals surface area (Å²) in [5, 5.41) is 4.14. The molecular formula is C19H18Cl3N3O2. The molecule has 2 aromatic rings. The van der Waals surface area contributed by atoms with Gasteiger partial charge >= 0.3 is 0 Å². The highest BCUT2D eigenvalue weighted by Crippen LogP contribution is 2.25. The number of hydrogen-bond donors (Lipinski definition) is 1. The second-order valence-corrected chi connectivity index (χ2v) is 7.47. The molecule has 0 radical (unpaired) electrons. The number of carbonyl (C=O) groups excluding carboxylic acids is 2. The fraction of sp³-hybridized carbons (Fsp3) is 0.263. The monoisotopic (exact) mass is 425 g/mol. The number of anilines is 1. The summed E-state index contributed by atoms with van der Waals surface area (Å²) in [6.45, 7) is 2.53. The van der Waals surface area contributed by atoms with Crippen molar-refractivity contribution < 1.29 is 9.59 Å². The lowest BCUT2D eigenvalue weighted by atomic mass is 10.2. The highest BCUT2D eigenvalue weighted by atomic mass is 35.5. The van der Waals surface area contributed by atoms with Gasteiger partial charge in [0.1, 0.15) is 0 Å². The van der Waals surface area contributed by atoms with Crippen molar-refractivity contribution in [1.29, 1.82) is 0 Å². The highest BCUT2D eigenvalue weighted by Gasteiger charge is 2.24. The van der Waals surface area contributed by atoms with E-state index in [1.54, 1.807) is 47.4 Å². The molecule has 1 aliphatic heterocycles. The summed E-state index contributed by atoms with van der Waals surface area (Å²) in [6, 6.07) is 11.9. The molecule has 1 heterocycles. The summed E-state index contributed by atoms with van der Waals surface area (Å²) >= 11 is 18.0. The molecule has 0 aromatic heterocycles. The largest absolute Gasteiger partial charge is 0.336 e. The predicted molar refractivity (Wildman–Crippen MR) is 109 cm³/mol. The predicted octanol–water partition coefficient (Wildman–Crippen LogP) is 4.04. The van der Waals surface area contributed by atoms with E-state index in [-0.39, 0.29) is 18.4 Å². The van der Waals surface area contributed by atoms with Gasteiger partial charge in [-0.25, -0.2) is 0 Å². The molecular weight excluding hydrogens is 409 g/mol. The van der Waals surface area contributed by atoms with Gasteiger partial charge in [0.25, 0.3) is 5.91 Å². The summed E-state index contributed by atoms with van der Waals surface area (Å²) in [6.07, 6.45) is 0. The smallest absolute Gasteiger partial charge is 0.255 e. The number of halogens is 3. The number of nitrogens with one attached hydrogen (secondary N) is 1. The normalized spacial score (nSPS) is 14.9. The maximum absolute atomic E-state index is 12.6. The molecule has 0 bridgehead atoms. The van der Waals surface area contributed by atoms with Gasteiger partial charge in [0.15, 0.2) is 0 Å². The quantitative estimate of drug-likeness (QED) is 0.802. The third kappa shape index (κ3) is 5.14. The van der Waals surface area contributed by atoms with Crippen molar-refractivity contribution in [2.24, 2.45) is 0 Å². The molecule has 27 heavy (non-hydrogen) atoms. The summed E-state index contributed by atoms with van der Waals surface area (Å²) in [5.41, 5.74) is 1.03. The van der Waals surface area contributed by atoms with E-state index in [2.05, 4.69) is 5.32 Å². The van der Waals surface area contributed by atoms with Crippen LogP contribution in [0.2, 0.25) is 15.1 Å². The van der Waals surface area contributed by atoms with Crippen LogP contribution in [0.4, 0.5) is 5.69 Å². The Balaban J connectivity index is 1.51. The Bertz CT molecular complexity index is 852. The summed E-state index contributed by atoms with van der Waals surface area (Å²) in [5.74, 6) is -0.247. The SMILES string of the molecule is O=C(CN1CCN(C(=O)c2ccccc2Cl)CC1)Nc1ccc(Cl)cc1Cl. The number of nitrogens with zero attached hydrogens (tertiary/aromatic N) is 2. The Morgan fingerprint density at radius 2 is 1.63 bits per heavy atom. The Hall–Kier alpha value is -1.79. The molecule has 8 heteroatoms. The van der Waals surface area contributed by atoms with E-state index >= 15 is 0 Å². The van der Waals surface area contributed by atoms with Gasteiger partial charge in [0.2, 0.25) is 5.91 Å². The van der Waals surface area contributed by atoms with Crippen LogP contribution in [0.3, 0.4) is 0 Å². The molecule has 1 N–H and O–H groups in total. The molecule has 0 unspecified atom stereocenters. The second kappa shape index (κ2) is 8.93. The lowest BCUT2D eigenvalue weighted by Gasteiger charge is -2.34. The number of piperazine rings is 1. The molecule has 5 nitrogen and oxygen atoms in total. The van der Waals surface area contributed by atoms with E-state index in [0.29, 0.717) is 52.5 Å². The maximum Gasteiger partial charge on any atom is 0.255 e. The zero-order valence-electron chi connectivity index (χ0n) is 14.4. The molecule has 142 valence electrons. The van der Waals surface area contributed by atoms with Crippen LogP contribution in [0.25, 0.3) is 0 Å². The first-order chi connectivity index (χ1) is 12.9. The van der Waals surface area contributed by atoms with Crippen LogP contribution in [-0.2, 0) is 4.79 Å². The molecule has 1 fully saturated rings. The van der Waals surface area contributed by atoms with E-state index in [9.17, 15) is 9.59 Å². The maximum atomic E-state index is 12.6. The number of hydrogen-bond acceptors (Lipinski definition) is 3. The van der Waals surface area contributed by atoms with Crippen LogP contribution >= 0.6 is 34.8 Å². The van der Waals surface area contributed by atoms with Crippen LogP contribution in [0.1, 0.15) is 10.4 Å². The van der Waals surface area contributed by atoms with Gasteiger partial charge in [0, 0.05) is 31.2 Å². The Morgan fingerprint density at radius 3 is 2.30 bits per heavy atom. The van der Waals surface area contributed by atoms with E-state index in [1.165, 1.54) is 0 Å². The lowest BCUT2D eigenvalue weighted by Crippen LogP contribution is -2.50. The van der Waals surface area contributed by atoms with Gasteiger partial charge in [-0.1, -0.05) is 46.9 Å². The topological polar surface area (TPSA) is 52.7 Å². The minimum atomic E-state index is -0.162. The van der Waals surface area contributed by atoms with Crippen molar-refractivity contribution in [3.05, 3.63) is 63.1 Å². The van der Waals surface area contributed by atoms with Gasteiger partial charge in [-0.05, 0) is 30.3 Å². The fourth-order valence-electron chi connectivity index (χ4n) is 2.90. The third-order valence-electron chi connectivity index (χ3n) is 4.34. The van der Waals surface area contributed by atoms with Crippen LogP contribution in [0.15, 0.2) is 42.5 Å². The molecule has 0 atom stereocenters. The number of amides is 2. The van der Waals surface area contributed by atoms with Crippen LogP contribution in [0, 0.1) is 0 Å². The molecule has 0 aliphatic carbocycles. The lowest BCUT2D eigenvalue weighted by molar-refractivity contribution is -0.117. The standard InChI is InChI=1S/C19H18Cl3N3O2/c20-13-5-6-17(16(22)11-13)23-18(26)12-24-7-9-25(10-8-24)19(27)14-3-1-2-4-15(14)21/h1-6,11H,7-10,12H2,(H,23,26).